The van der Waals surface area contributed by atoms with Crippen LogP contribution in [0.3, 0.4) is 0 Å². The van der Waals surface area contributed by atoms with Crippen LogP contribution in [0.15, 0.2) is 42.5 Å². The Hall–Kier alpha value is -2.27. The first-order valence-corrected chi connectivity index (χ1v) is 7.26. The minimum atomic E-state index is -0.115. The van der Waals surface area contributed by atoms with Gasteiger partial charge in [-0.2, -0.15) is 5.26 Å². The van der Waals surface area contributed by atoms with Crippen LogP contribution in [-0.2, 0) is 0 Å². The van der Waals surface area contributed by atoms with Gasteiger partial charge < -0.3 is 4.74 Å². The molecule has 0 saturated heterocycles. The molecule has 0 aliphatic carbocycles. The fourth-order valence-electron chi connectivity index (χ4n) is 2.25. The Bertz CT molecular complexity index is 638. The molecule has 2 aromatic carbocycles. The number of benzene rings is 2. The molecule has 2 nitrogen and oxygen atoms in total. The Balaban J connectivity index is 1.96. The predicted octanol–water partition coefficient (Wildman–Crippen LogP) is 4.69. The zero-order valence-corrected chi connectivity index (χ0v) is 12.9. The summed E-state index contributed by atoms with van der Waals surface area (Å²) in [6.45, 7) is 6.69. The molecule has 1 unspecified atom stereocenters. The topological polar surface area (TPSA) is 33.0 Å². The van der Waals surface area contributed by atoms with Gasteiger partial charge in [0, 0.05) is 6.42 Å². The third-order valence-electron chi connectivity index (χ3n) is 3.64. The van der Waals surface area contributed by atoms with E-state index in [2.05, 4.69) is 32.0 Å². The monoisotopic (exact) mass is 279 g/mol. The molecular formula is C19H21NO. The highest BCUT2D eigenvalue weighted by Gasteiger charge is 2.11. The SMILES string of the molecule is Cc1ccc(C(C#N)CCOc2cc(C)ccc2C)cc1. The average molecular weight is 279 g/mol. The molecule has 0 amide bonds. The van der Waals surface area contributed by atoms with E-state index in [0.717, 1.165) is 16.9 Å². The normalized spacial score (nSPS) is 11.7. The molecule has 2 aromatic rings. The van der Waals surface area contributed by atoms with Crippen molar-refractivity contribution in [2.24, 2.45) is 0 Å². The number of aryl methyl sites for hydroxylation is 3. The molecule has 1 atom stereocenters. The van der Waals surface area contributed by atoms with Gasteiger partial charge in [-0.05, 0) is 43.5 Å². The number of hydrogen-bond acceptors (Lipinski definition) is 2. The van der Waals surface area contributed by atoms with Gasteiger partial charge >= 0.3 is 0 Å². The zero-order chi connectivity index (χ0) is 15.2. The molecule has 0 aliphatic rings. The lowest BCUT2D eigenvalue weighted by atomic mass is 9.97. The molecule has 2 rings (SSSR count). The molecule has 0 heterocycles. The highest BCUT2D eigenvalue weighted by Crippen LogP contribution is 2.22. The fraction of sp³-hybridized carbons (Fsp3) is 0.316. The van der Waals surface area contributed by atoms with Crippen LogP contribution in [0, 0.1) is 32.1 Å². The van der Waals surface area contributed by atoms with Gasteiger partial charge in [0.05, 0.1) is 18.6 Å². The standard InChI is InChI=1S/C19H21NO/c1-14-5-8-17(9-6-14)18(13-20)10-11-21-19-12-15(2)4-7-16(19)3/h4-9,12,18H,10-11H2,1-3H3. The Morgan fingerprint density at radius 2 is 1.67 bits per heavy atom. The first-order valence-electron chi connectivity index (χ1n) is 7.26. The van der Waals surface area contributed by atoms with E-state index < -0.39 is 0 Å². The van der Waals surface area contributed by atoms with Gasteiger partial charge in [-0.25, -0.2) is 0 Å². The quantitative estimate of drug-likeness (QED) is 0.795. The minimum Gasteiger partial charge on any atom is -0.493 e. The summed E-state index contributed by atoms with van der Waals surface area (Å²) in [5.41, 5.74) is 4.59. The smallest absolute Gasteiger partial charge is 0.122 e. The van der Waals surface area contributed by atoms with Crippen molar-refractivity contribution in [2.75, 3.05) is 6.61 Å². The summed E-state index contributed by atoms with van der Waals surface area (Å²) in [6, 6.07) is 16.7. The molecule has 0 N–H and O–H groups in total. The fourth-order valence-corrected chi connectivity index (χ4v) is 2.25. The van der Waals surface area contributed by atoms with Crippen molar-refractivity contribution in [3.63, 3.8) is 0 Å². The molecule has 0 saturated carbocycles. The summed E-state index contributed by atoms with van der Waals surface area (Å²) >= 11 is 0. The lowest BCUT2D eigenvalue weighted by Crippen LogP contribution is -2.05. The zero-order valence-electron chi connectivity index (χ0n) is 12.9. The number of nitrogens with zero attached hydrogens (tertiary/aromatic N) is 1. The Labute approximate surface area is 127 Å². The summed E-state index contributed by atoms with van der Waals surface area (Å²) in [6.07, 6.45) is 0.701. The maximum atomic E-state index is 9.34. The minimum absolute atomic E-state index is 0.115. The van der Waals surface area contributed by atoms with Gasteiger partial charge in [-0.1, -0.05) is 42.0 Å². The molecule has 0 spiro atoms. The molecule has 2 heteroatoms. The summed E-state index contributed by atoms with van der Waals surface area (Å²) in [4.78, 5) is 0. The van der Waals surface area contributed by atoms with E-state index in [4.69, 9.17) is 4.74 Å². The first kappa shape index (κ1) is 15.1. The molecule has 0 aliphatic heterocycles. The predicted molar refractivity (Wildman–Crippen MR) is 85.6 cm³/mol. The van der Waals surface area contributed by atoms with Crippen molar-refractivity contribution in [1.29, 1.82) is 5.26 Å². The number of hydrogen-bond donors (Lipinski definition) is 0. The molecule has 0 radical (unpaired) electrons. The molecule has 0 aromatic heterocycles. The summed E-state index contributed by atoms with van der Waals surface area (Å²) in [7, 11) is 0. The van der Waals surface area contributed by atoms with E-state index in [1.165, 1.54) is 11.1 Å². The van der Waals surface area contributed by atoms with Crippen molar-refractivity contribution >= 4 is 0 Å². The van der Waals surface area contributed by atoms with Gasteiger partial charge in [0.25, 0.3) is 0 Å². The maximum absolute atomic E-state index is 9.34. The van der Waals surface area contributed by atoms with Crippen LogP contribution < -0.4 is 4.74 Å². The van der Waals surface area contributed by atoms with Crippen LogP contribution in [0.5, 0.6) is 5.75 Å². The molecule has 108 valence electrons. The van der Waals surface area contributed by atoms with Crippen molar-refractivity contribution in [3.8, 4) is 11.8 Å². The van der Waals surface area contributed by atoms with E-state index in [-0.39, 0.29) is 5.92 Å². The number of ether oxygens (including phenoxy) is 1. The summed E-state index contributed by atoms with van der Waals surface area (Å²) in [5.74, 6) is 0.798. The van der Waals surface area contributed by atoms with E-state index in [1.54, 1.807) is 0 Å². The van der Waals surface area contributed by atoms with Gasteiger partial charge in [0.2, 0.25) is 0 Å². The second-order valence-electron chi connectivity index (χ2n) is 5.50. The first-order chi connectivity index (χ1) is 10.1. The summed E-state index contributed by atoms with van der Waals surface area (Å²) in [5, 5.41) is 9.34. The molecule has 0 fully saturated rings. The van der Waals surface area contributed by atoms with Crippen molar-refractivity contribution in [2.45, 2.75) is 33.1 Å². The van der Waals surface area contributed by atoms with E-state index in [0.29, 0.717) is 13.0 Å². The van der Waals surface area contributed by atoms with Crippen molar-refractivity contribution < 1.29 is 4.74 Å². The molecule has 21 heavy (non-hydrogen) atoms. The Kier molecular flexibility index (Phi) is 5.00. The van der Waals surface area contributed by atoms with E-state index >= 15 is 0 Å². The number of nitriles is 1. The van der Waals surface area contributed by atoms with Crippen molar-refractivity contribution in [3.05, 3.63) is 64.7 Å². The van der Waals surface area contributed by atoms with E-state index in [9.17, 15) is 5.26 Å². The van der Waals surface area contributed by atoms with Crippen LogP contribution in [0.25, 0.3) is 0 Å². The summed E-state index contributed by atoms with van der Waals surface area (Å²) < 4.78 is 5.84. The van der Waals surface area contributed by atoms with Gasteiger partial charge in [0.15, 0.2) is 0 Å². The maximum Gasteiger partial charge on any atom is 0.122 e. The van der Waals surface area contributed by atoms with Crippen LogP contribution in [0.2, 0.25) is 0 Å². The van der Waals surface area contributed by atoms with E-state index in [1.807, 2.05) is 37.3 Å². The largest absolute Gasteiger partial charge is 0.493 e. The van der Waals surface area contributed by atoms with Crippen LogP contribution in [0.1, 0.15) is 34.6 Å². The van der Waals surface area contributed by atoms with Crippen molar-refractivity contribution in [1.82, 2.24) is 0 Å². The Morgan fingerprint density at radius 1 is 1.00 bits per heavy atom. The van der Waals surface area contributed by atoms with Crippen LogP contribution >= 0.6 is 0 Å². The van der Waals surface area contributed by atoms with Gasteiger partial charge in [0.1, 0.15) is 5.75 Å². The van der Waals surface area contributed by atoms with Crippen LogP contribution in [0.4, 0.5) is 0 Å². The third kappa shape index (κ3) is 4.10. The molecule has 0 bridgehead atoms. The second-order valence-corrected chi connectivity index (χ2v) is 5.50. The van der Waals surface area contributed by atoms with Crippen LogP contribution in [-0.4, -0.2) is 6.61 Å². The second kappa shape index (κ2) is 6.95. The van der Waals surface area contributed by atoms with Gasteiger partial charge in [-0.3, -0.25) is 0 Å². The average Bonchev–Trinajstić information content (AvgIpc) is 2.48. The van der Waals surface area contributed by atoms with Gasteiger partial charge in [-0.15, -0.1) is 0 Å². The number of rotatable bonds is 5. The lowest BCUT2D eigenvalue weighted by molar-refractivity contribution is 0.304. The third-order valence-corrected chi connectivity index (χ3v) is 3.64. The Morgan fingerprint density at radius 3 is 2.33 bits per heavy atom. The lowest BCUT2D eigenvalue weighted by Gasteiger charge is -2.13. The highest BCUT2D eigenvalue weighted by molar-refractivity contribution is 5.36. The highest BCUT2D eigenvalue weighted by atomic mass is 16.5. The molecular weight excluding hydrogens is 258 g/mol.